The van der Waals surface area contributed by atoms with E-state index < -0.39 is 5.97 Å². The molecule has 1 aliphatic heterocycles. The van der Waals surface area contributed by atoms with E-state index in [2.05, 4.69) is 5.32 Å². The minimum Gasteiger partial charge on any atom is -0.475 e. The Morgan fingerprint density at radius 2 is 2.28 bits per heavy atom. The number of carbonyl (C=O) groups excluding carboxylic acids is 1. The van der Waals surface area contributed by atoms with Gasteiger partial charge in [0.2, 0.25) is 11.7 Å². The fourth-order valence-corrected chi connectivity index (χ4v) is 1.97. The molecule has 2 N–H and O–H groups in total. The number of carboxylic acid groups (broad SMARTS) is 1. The summed E-state index contributed by atoms with van der Waals surface area (Å²) in [6.07, 6.45) is 0.641. The van der Waals surface area contributed by atoms with Crippen LogP contribution in [0.15, 0.2) is 16.5 Å². The highest BCUT2D eigenvalue weighted by Crippen LogP contribution is 2.20. The molecule has 1 aliphatic rings. The molecule has 1 saturated heterocycles. The molecule has 2 rings (SSSR count). The maximum Gasteiger partial charge on any atom is 0.371 e. The Bertz CT molecular complexity index is 453. The van der Waals surface area contributed by atoms with Crippen LogP contribution in [0.1, 0.15) is 29.7 Å². The van der Waals surface area contributed by atoms with E-state index >= 15 is 0 Å². The lowest BCUT2D eigenvalue weighted by molar-refractivity contribution is -0.126. The standard InChI is InChI=1S/C12H15NO5/c1-7-9(4-5-17-7)11(14)13-6-8-2-3-10(18-8)12(15)16/h2-3,7,9H,4-6H2,1H3,(H,13,14)(H,15,16). The number of carboxylic acids is 1. The van der Waals surface area contributed by atoms with Crippen molar-refractivity contribution in [1.29, 1.82) is 0 Å². The van der Waals surface area contributed by atoms with Crippen molar-refractivity contribution in [1.82, 2.24) is 5.32 Å². The van der Waals surface area contributed by atoms with Gasteiger partial charge in [0.1, 0.15) is 5.76 Å². The maximum absolute atomic E-state index is 11.8. The van der Waals surface area contributed by atoms with Gasteiger partial charge in [-0.3, -0.25) is 4.79 Å². The second-order valence-electron chi connectivity index (χ2n) is 4.26. The summed E-state index contributed by atoms with van der Waals surface area (Å²) in [6, 6.07) is 2.91. The normalized spacial score (nSPS) is 22.9. The third-order valence-electron chi connectivity index (χ3n) is 3.02. The molecule has 0 saturated carbocycles. The van der Waals surface area contributed by atoms with Gasteiger partial charge < -0.3 is 19.6 Å². The Morgan fingerprint density at radius 3 is 2.83 bits per heavy atom. The van der Waals surface area contributed by atoms with Gasteiger partial charge in [0, 0.05) is 6.61 Å². The van der Waals surface area contributed by atoms with Gasteiger partial charge >= 0.3 is 5.97 Å². The predicted octanol–water partition coefficient (Wildman–Crippen LogP) is 1.02. The Kier molecular flexibility index (Phi) is 3.66. The summed E-state index contributed by atoms with van der Waals surface area (Å²) in [6.45, 7) is 2.66. The molecule has 2 unspecified atom stereocenters. The Labute approximate surface area is 104 Å². The number of hydrogen-bond donors (Lipinski definition) is 2. The summed E-state index contributed by atoms with van der Waals surface area (Å²) in [7, 11) is 0. The zero-order valence-electron chi connectivity index (χ0n) is 10.0. The number of carbonyl (C=O) groups is 2. The number of ether oxygens (including phenoxy) is 1. The van der Waals surface area contributed by atoms with E-state index in [4.69, 9.17) is 14.3 Å². The number of nitrogens with one attached hydrogen (secondary N) is 1. The first kappa shape index (κ1) is 12.6. The average Bonchev–Trinajstić information content (AvgIpc) is 2.94. The molecule has 18 heavy (non-hydrogen) atoms. The van der Waals surface area contributed by atoms with Gasteiger partial charge in [0.25, 0.3) is 0 Å². The highest BCUT2D eigenvalue weighted by molar-refractivity contribution is 5.84. The number of rotatable bonds is 4. The van der Waals surface area contributed by atoms with Crippen molar-refractivity contribution in [3.05, 3.63) is 23.7 Å². The summed E-state index contributed by atoms with van der Waals surface area (Å²) in [4.78, 5) is 22.4. The van der Waals surface area contributed by atoms with E-state index in [1.165, 1.54) is 12.1 Å². The Morgan fingerprint density at radius 1 is 1.50 bits per heavy atom. The summed E-state index contributed by atoms with van der Waals surface area (Å²) in [5.41, 5.74) is 0. The first-order valence-corrected chi connectivity index (χ1v) is 5.79. The molecule has 1 aromatic rings. The fourth-order valence-electron chi connectivity index (χ4n) is 1.97. The van der Waals surface area contributed by atoms with Crippen molar-refractivity contribution < 1.29 is 23.8 Å². The van der Waals surface area contributed by atoms with Crippen molar-refractivity contribution in [3.8, 4) is 0 Å². The third-order valence-corrected chi connectivity index (χ3v) is 3.02. The Balaban J connectivity index is 1.87. The summed E-state index contributed by atoms with van der Waals surface area (Å²) in [5.74, 6) is -1.05. The smallest absolute Gasteiger partial charge is 0.371 e. The molecule has 98 valence electrons. The number of hydrogen-bond acceptors (Lipinski definition) is 4. The van der Waals surface area contributed by atoms with Crippen molar-refractivity contribution in [2.75, 3.05) is 6.61 Å². The van der Waals surface area contributed by atoms with E-state index in [0.29, 0.717) is 18.8 Å². The van der Waals surface area contributed by atoms with Gasteiger partial charge in [-0.1, -0.05) is 0 Å². The van der Waals surface area contributed by atoms with Crippen molar-refractivity contribution in [2.24, 2.45) is 5.92 Å². The summed E-state index contributed by atoms with van der Waals surface area (Å²) < 4.78 is 10.4. The average molecular weight is 253 g/mol. The van der Waals surface area contributed by atoms with Crippen LogP contribution in [0.4, 0.5) is 0 Å². The number of aromatic carboxylic acids is 1. The molecule has 0 radical (unpaired) electrons. The van der Waals surface area contributed by atoms with E-state index in [-0.39, 0.29) is 30.2 Å². The fraction of sp³-hybridized carbons (Fsp3) is 0.500. The van der Waals surface area contributed by atoms with Crippen molar-refractivity contribution in [3.63, 3.8) is 0 Å². The molecule has 0 bridgehead atoms. The highest BCUT2D eigenvalue weighted by atomic mass is 16.5. The van der Waals surface area contributed by atoms with Gasteiger partial charge in [0.15, 0.2) is 0 Å². The second-order valence-corrected chi connectivity index (χ2v) is 4.26. The van der Waals surface area contributed by atoms with Crippen LogP contribution in [0.3, 0.4) is 0 Å². The lowest BCUT2D eigenvalue weighted by atomic mass is 10.0. The minimum atomic E-state index is -1.12. The molecule has 0 aliphatic carbocycles. The second kappa shape index (κ2) is 5.22. The molecule has 2 atom stereocenters. The first-order valence-electron chi connectivity index (χ1n) is 5.79. The van der Waals surface area contributed by atoms with Gasteiger partial charge in [-0.05, 0) is 25.5 Å². The van der Waals surface area contributed by atoms with Crippen LogP contribution in [0.25, 0.3) is 0 Å². The molecule has 0 aromatic carbocycles. The molecule has 6 nitrogen and oxygen atoms in total. The Hall–Kier alpha value is -1.82. The van der Waals surface area contributed by atoms with Gasteiger partial charge in [-0.2, -0.15) is 0 Å². The number of amides is 1. The van der Waals surface area contributed by atoms with E-state index in [0.717, 1.165) is 0 Å². The topological polar surface area (TPSA) is 88.8 Å². The highest BCUT2D eigenvalue weighted by Gasteiger charge is 2.30. The quantitative estimate of drug-likeness (QED) is 0.836. The molecular formula is C12H15NO5. The van der Waals surface area contributed by atoms with E-state index in [1.54, 1.807) is 0 Å². The van der Waals surface area contributed by atoms with Crippen LogP contribution in [-0.2, 0) is 16.1 Å². The molecular weight excluding hydrogens is 238 g/mol. The van der Waals surface area contributed by atoms with Crippen LogP contribution >= 0.6 is 0 Å². The molecule has 0 spiro atoms. The number of furan rings is 1. The first-order chi connectivity index (χ1) is 8.58. The predicted molar refractivity (Wildman–Crippen MR) is 61.0 cm³/mol. The van der Waals surface area contributed by atoms with Gasteiger partial charge in [0.05, 0.1) is 18.6 Å². The molecule has 2 heterocycles. The van der Waals surface area contributed by atoms with E-state index in [9.17, 15) is 9.59 Å². The molecule has 1 fully saturated rings. The van der Waals surface area contributed by atoms with Crippen molar-refractivity contribution >= 4 is 11.9 Å². The maximum atomic E-state index is 11.8. The lowest BCUT2D eigenvalue weighted by Gasteiger charge is -2.13. The van der Waals surface area contributed by atoms with Crippen LogP contribution < -0.4 is 5.32 Å². The largest absolute Gasteiger partial charge is 0.475 e. The summed E-state index contributed by atoms with van der Waals surface area (Å²) in [5, 5.41) is 11.4. The zero-order valence-corrected chi connectivity index (χ0v) is 10.0. The summed E-state index contributed by atoms with van der Waals surface area (Å²) >= 11 is 0. The van der Waals surface area contributed by atoms with Crippen LogP contribution in [-0.4, -0.2) is 29.7 Å². The van der Waals surface area contributed by atoms with E-state index in [1.807, 2.05) is 6.92 Å². The third kappa shape index (κ3) is 2.70. The molecule has 1 aromatic heterocycles. The van der Waals surface area contributed by atoms with Gasteiger partial charge in [-0.25, -0.2) is 4.79 Å². The molecule has 1 amide bonds. The van der Waals surface area contributed by atoms with Crippen molar-refractivity contribution in [2.45, 2.75) is 26.0 Å². The van der Waals surface area contributed by atoms with Crippen LogP contribution in [0.2, 0.25) is 0 Å². The van der Waals surface area contributed by atoms with Crippen LogP contribution in [0.5, 0.6) is 0 Å². The molecule has 6 heteroatoms. The minimum absolute atomic E-state index is 0.0730. The monoisotopic (exact) mass is 253 g/mol. The lowest BCUT2D eigenvalue weighted by Crippen LogP contribution is -2.33. The van der Waals surface area contributed by atoms with Gasteiger partial charge in [-0.15, -0.1) is 0 Å². The van der Waals surface area contributed by atoms with Crippen LogP contribution in [0, 0.1) is 5.92 Å². The zero-order chi connectivity index (χ0) is 13.1. The SMILES string of the molecule is CC1OCCC1C(=O)NCc1ccc(C(=O)O)o1.